The van der Waals surface area contributed by atoms with E-state index < -0.39 is 6.10 Å². The third kappa shape index (κ3) is 2.32. The maximum atomic E-state index is 10.1. The van der Waals surface area contributed by atoms with Gasteiger partial charge in [0, 0.05) is 11.9 Å². The predicted octanol–water partition coefficient (Wildman–Crippen LogP) is 2.86. The zero-order valence-electron chi connectivity index (χ0n) is 9.41. The van der Waals surface area contributed by atoms with Gasteiger partial charge < -0.3 is 5.11 Å². The highest BCUT2D eigenvalue weighted by molar-refractivity contribution is 5.17. The molecule has 1 rings (SSSR count). The first-order valence-electron chi connectivity index (χ1n) is 5.08. The average molecular weight is 193 g/mol. The van der Waals surface area contributed by atoms with Gasteiger partial charge in [0.1, 0.15) is 0 Å². The van der Waals surface area contributed by atoms with Gasteiger partial charge >= 0.3 is 0 Å². The maximum absolute atomic E-state index is 10.1. The molecule has 0 radical (unpaired) electrons. The molecule has 0 spiro atoms. The molecule has 1 unspecified atom stereocenters. The number of hydrogen-bond acceptors (Lipinski definition) is 2. The van der Waals surface area contributed by atoms with Crippen LogP contribution in [0.15, 0.2) is 18.3 Å². The van der Waals surface area contributed by atoms with Gasteiger partial charge in [-0.15, -0.1) is 0 Å². The maximum Gasteiger partial charge on any atom is 0.0855 e. The van der Waals surface area contributed by atoms with Crippen molar-refractivity contribution in [3.8, 4) is 0 Å². The molecule has 0 amide bonds. The Morgan fingerprint density at radius 2 is 2.07 bits per heavy atom. The van der Waals surface area contributed by atoms with Gasteiger partial charge in [0.15, 0.2) is 0 Å². The van der Waals surface area contributed by atoms with Crippen molar-refractivity contribution in [3.63, 3.8) is 0 Å². The van der Waals surface area contributed by atoms with E-state index in [-0.39, 0.29) is 5.41 Å². The van der Waals surface area contributed by atoms with Crippen molar-refractivity contribution >= 4 is 0 Å². The largest absolute Gasteiger partial charge is 0.388 e. The SMILES string of the molecule is CCC(C)(C)C(O)c1ccc(C)nc1. The van der Waals surface area contributed by atoms with E-state index in [2.05, 4.69) is 25.8 Å². The van der Waals surface area contributed by atoms with Crippen molar-refractivity contribution in [2.45, 2.75) is 40.2 Å². The summed E-state index contributed by atoms with van der Waals surface area (Å²) in [5, 5.41) is 10.1. The molecular weight excluding hydrogens is 174 g/mol. The second-order valence-electron chi connectivity index (χ2n) is 4.48. The van der Waals surface area contributed by atoms with Gasteiger partial charge in [0.2, 0.25) is 0 Å². The van der Waals surface area contributed by atoms with Crippen LogP contribution in [-0.4, -0.2) is 10.1 Å². The molecule has 0 saturated carbocycles. The lowest BCUT2D eigenvalue weighted by Crippen LogP contribution is -2.21. The van der Waals surface area contributed by atoms with Crippen LogP contribution in [0.3, 0.4) is 0 Å². The first-order valence-corrected chi connectivity index (χ1v) is 5.08. The molecule has 1 heterocycles. The first kappa shape index (κ1) is 11.2. The van der Waals surface area contributed by atoms with Crippen LogP contribution in [-0.2, 0) is 0 Å². The van der Waals surface area contributed by atoms with Crippen LogP contribution in [0.2, 0.25) is 0 Å². The Hall–Kier alpha value is -0.890. The highest BCUT2D eigenvalue weighted by Crippen LogP contribution is 2.35. The second-order valence-corrected chi connectivity index (χ2v) is 4.48. The monoisotopic (exact) mass is 193 g/mol. The fraction of sp³-hybridized carbons (Fsp3) is 0.583. The smallest absolute Gasteiger partial charge is 0.0855 e. The summed E-state index contributed by atoms with van der Waals surface area (Å²) in [6.45, 7) is 8.17. The molecular formula is C12H19NO. The summed E-state index contributed by atoms with van der Waals surface area (Å²) in [4.78, 5) is 4.19. The minimum Gasteiger partial charge on any atom is -0.388 e. The minimum absolute atomic E-state index is 0.0864. The molecule has 0 fully saturated rings. The van der Waals surface area contributed by atoms with Crippen LogP contribution in [0.4, 0.5) is 0 Å². The zero-order chi connectivity index (χ0) is 10.8. The van der Waals surface area contributed by atoms with Gasteiger partial charge in [-0.3, -0.25) is 4.98 Å². The lowest BCUT2D eigenvalue weighted by Gasteiger charge is -2.29. The highest BCUT2D eigenvalue weighted by Gasteiger charge is 2.27. The zero-order valence-corrected chi connectivity index (χ0v) is 9.41. The number of pyridine rings is 1. The molecule has 0 aliphatic rings. The van der Waals surface area contributed by atoms with Crippen molar-refractivity contribution < 1.29 is 5.11 Å². The molecule has 78 valence electrons. The van der Waals surface area contributed by atoms with Crippen molar-refractivity contribution in [1.29, 1.82) is 0 Å². The van der Waals surface area contributed by atoms with Crippen molar-refractivity contribution in [2.24, 2.45) is 5.41 Å². The van der Waals surface area contributed by atoms with E-state index in [0.717, 1.165) is 17.7 Å². The number of hydrogen-bond donors (Lipinski definition) is 1. The fourth-order valence-corrected chi connectivity index (χ4v) is 1.29. The van der Waals surface area contributed by atoms with Gasteiger partial charge in [-0.2, -0.15) is 0 Å². The molecule has 1 N–H and O–H groups in total. The second kappa shape index (κ2) is 4.09. The van der Waals surface area contributed by atoms with E-state index in [1.807, 2.05) is 19.1 Å². The predicted molar refractivity (Wildman–Crippen MR) is 58.0 cm³/mol. The van der Waals surface area contributed by atoms with Gasteiger partial charge in [-0.05, 0) is 30.4 Å². The van der Waals surface area contributed by atoms with E-state index >= 15 is 0 Å². The lowest BCUT2D eigenvalue weighted by atomic mass is 9.81. The Morgan fingerprint density at radius 1 is 1.43 bits per heavy atom. The number of nitrogens with zero attached hydrogens (tertiary/aromatic N) is 1. The number of aromatic nitrogens is 1. The Balaban J connectivity index is 2.89. The van der Waals surface area contributed by atoms with Crippen LogP contribution < -0.4 is 0 Å². The molecule has 0 bridgehead atoms. The van der Waals surface area contributed by atoms with E-state index in [4.69, 9.17) is 0 Å². The van der Waals surface area contributed by atoms with E-state index in [0.29, 0.717) is 0 Å². The summed E-state index contributed by atoms with van der Waals surface area (Å²) in [5.41, 5.74) is 1.80. The van der Waals surface area contributed by atoms with Crippen LogP contribution in [0.1, 0.15) is 44.6 Å². The standard InChI is InChI=1S/C12H19NO/c1-5-12(3,4)11(14)10-7-6-9(2)13-8-10/h6-8,11,14H,5H2,1-4H3. The number of aliphatic hydroxyl groups is 1. The van der Waals surface area contributed by atoms with Crippen LogP contribution in [0.5, 0.6) is 0 Å². The Morgan fingerprint density at radius 3 is 2.50 bits per heavy atom. The summed E-state index contributed by atoms with van der Waals surface area (Å²) in [7, 11) is 0. The quantitative estimate of drug-likeness (QED) is 0.800. The molecule has 2 nitrogen and oxygen atoms in total. The lowest BCUT2D eigenvalue weighted by molar-refractivity contribution is 0.0463. The third-order valence-corrected chi connectivity index (χ3v) is 2.90. The number of aryl methyl sites for hydroxylation is 1. The van der Waals surface area contributed by atoms with Crippen LogP contribution in [0, 0.1) is 12.3 Å². The van der Waals surface area contributed by atoms with Crippen molar-refractivity contribution in [2.75, 3.05) is 0 Å². The molecule has 1 atom stereocenters. The summed E-state index contributed by atoms with van der Waals surface area (Å²) < 4.78 is 0. The van der Waals surface area contributed by atoms with E-state index in [1.165, 1.54) is 0 Å². The third-order valence-electron chi connectivity index (χ3n) is 2.90. The molecule has 0 aliphatic heterocycles. The molecule has 1 aromatic rings. The van der Waals surface area contributed by atoms with E-state index in [9.17, 15) is 5.11 Å². The Kier molecular flexibility index (Phi) is 3.27. The van der Waals surface area contributed by atoms with Gasteiger partial charge in [0.25, 0.3) is 0 Å². The average Bonchev–Trinajstić information content (AvgIpc) is 2.18. The molecule has 0 saturated heterocycles. The molecule has 2 heteroatoms. The number of rotatable bonds is 3. The molecule has 0 aliphatic carbocycles. The van der Waals surface area contributed by atoms with Crippen molar-refractivity contribution in [3.05, 3.63) is 29.6 Å². The van der Waals surface area contributed by atoms with Gasteiger partial charge in [-0.1, -0.05) is 26.8 Å². The van der Waals surface area contributed by atoms with Crippen molar-refractivity contribution in [1.82, 2.24) is 4.98 Å². The molecule has 14 heavy (non-hydrogen) atoms. The van der Waals surface area contributed by atoms with Gasteiger partial charge in [-0.25, -0.2) is 0 Å². The summed E-state index contributed by atoms with van der Waals surface area (Å²) >= 11 is 0. The minimum atomic E-state index is -0.430. The molecule has 1 aromatic heterocycles. The Labute approximate surface area is 86.0 Å². The highest BCUT2D eigenvalue weighted by atomic mass is 16.3. The summed E-state index contributed by atoms with van der Waals surface area (Å²) in [5.74, 6) is 0. The first-order chi connectivity index (χ1) is 6.47. The van der Waals surface area contributed by atoms with Crippen LogP contribution >= 0.6 is 0 Å². The van der Waals surface area contributed by atoms with Gasteiger partial charge in [0.05, 0.1) is 6.10 Å². The normalized spacial score (nSPS) is 14.1. The molecule has 0 aromatic carbocycles. The fourth-order valence-electron chi connectivity index (χ4n) is 1.29. The number of aliphatic hydroxyl groups excluding tert-OH is 1. The summed E-state index contributed by atoms with van der Waals surface area (Å²) in [6.07, 6.45) is 2.28. The van der Waals surface area contributed by atoms with E-state index in [1.54, 1.807) is 6.20 Å². The summed E-state index contributed by atoms with van der Waals surface area (Å²) in [6, 6.07) is 3.88. The topological polar surface area (TPSA) is 33.1 Å². The Bertz CT molecular complexity index is 290. The van der Waals surface area contributed by atoms with Crippen LogP contribution in [0.25, 0.3) is 0 Å².